The standard InChI is InChI=1S/C21H23F3N2O/c1-25-11-13-9-17-19(14-5-3-2-4-6-14)26-18-8-7-15(21(22,23)24)10-16(18)20(17)27-12-13/h2-8,10,13,17,19-20,25-26H,9,11-12H2,1H3. The summed E-state index contributed by atoms with van der Waals surface area (Å²) in [7, 11) is 1.91. The van der Waals surface area contributed by atoms with Crippen LogP contribution in [-0.4, -0.2) is 20.2 Å². The highest BCUT2D eigenvalue weighted by molar-refractivity contribution is 5.58. The number of benzene rings is 2. The number of alkyl halides is 3. The summed E-state index contributed by atoms with van der Waals surface area (Å²) in [6.07, 6.45) is -3.79. The van der Waals surface area contributed by atoms with E-state index in [-0.39, 0.29) is 18.1 Å². The number of anilines is 1. The van der Waals surface area contributed by atoms with E-state index < -0.39 is 11.7 Å². The van der Waals surface area contributed by atoms with Crippen molar-refractivity contribution in [2.24, 2.45) is 11.8 Å². The van der Waals surface area contributed by atoms with Crippen molar-refractivity contribution in [1.29, 1.82) is 0 Å². The summed E-state index contributed by atoms with van der Waals surface area (Å²) in [6, 6.07) is 14.0. The van der Waals surface area contributed by atoms with E-state index in [1.54, 1.807) is 0 Å². The van der Waals surface area contributed by atoms with E-state index in [4.69, 9.17) is 4.74 Å². The van der Waals surface area contributed by atoms with Crippen LogP contribution in [0.2, 0.25) is 0 Å². The third-order valence-electron chi connectivity index (χ3n) is 5.58. The minimum atomic E-state index is -4.36. The van der Waals surface area contributed by atoms with Gasteiger partial charge in [-0.2, -0.15) is 13.2 Å². The maximum absolute atomic E-state index is 13.2. The van der Waals surface area contributed by atoms with Crippen molar-refractivity contribution in [2.75, 3.05) is 25.5 Å². The van der Waals surface area contributed by atoms with Gasteiger partial charge in [0.1, 0.15) is 0 Å². The largest absolute Gasteiger partial charge is 0.416 e. The lowest BCUT2D eigenvalue weighted by Gasteiger charge is -2.45. The molecule has 0 spiro atoms. The van der Waals surface area contributed by atoms with Crippen molar-refractivity contribution in [3.8, 4) is 0 Å². The SMILES string of the molecule is CNCC1COC2c3cc(C(F)(F)F)ccc3NC(c3ccccc3)C2C1. The molecule has 6 heteroatoms. The van der Waals surface area contributed by atoms with Crippen molar-refractivity contribution in [3.05, 3.63) is 65.2 Å². The van der Waals surface area contributed by atoms with Crippen molar-refractivity contribution >= 4 is 5.69 Å². The second-order valence-electron chi connectivity index (χ2n) is 7.41. The molecule has 0 saturated carbocycles. The van der Waals surface area contributed by atoms with Gasteiger partial charge in [0.15, 0.2) is 0 Å². The quantitative estimate of drug-likeness (QED) is 0.808. The van der Waals surface area contributed by atoms with Crippen LogP contribution in [0.5, 0.6) is 0 Å². The van der Waals surface area contributed by atoms with E-state index in [0.717, 1.165) is 30.3 Å². The molecular formula is C21H23F3N2O. The molecule has 0 aliphatic carbocycles. The minimum absolute atomic E-state index is 0.0140. The minimum Gasteiger partial charge on any atom is -0.378 e. The van der Waals surface area contributed by atoms with Gasteiger partial charge in [0.25, 0.3) is 0 Å². The van der Waals surface area contributed by atoms with E-state index in [2.05, 4.69) is 22.8 Å². The number of nitrogens with one attached hydrogen (secondary N) is 2. The first-order valence-corrected chi connectivity index (χ1v) is 9.26. The summed E-state index contributed by atoms with van der Waals surface area (Å²) < 4.78 is 45.8. The van der Waals surface area contributed by atoms with Gasteiger partial charge in [-0.1, -0.05) is 30.3 Å². The molecule has 0 aromatic heterocycles. The maximum atomic E-state index is 13.2. The van der Waals surface area contributed by atoms with Gasteiger partial charge in [0, 0.05) is 17.2 Å². The average Bonchev–Trinajstić information content (AvgIpc) is 2.67. The van der Waals surface area contributed by atoms with E-state index >= 15 is 0 Å². The van der Waals surface area contributed by atoms with Crippen LogP contribution in [0, 0.1) is 11.8 Å². The van der Waals surface area contributed by atoms with E-state index in [1.807, 2.05) is 25.2 Å². The molecule has 3 nitrogen and oxygen atoms in total. The van der Waals surface area contributed by atoms with Crippen molar-refractivity contribution in [2.45, 2.75) is 24.7 Å². The zero-order valence-corrected chi connectivity index (χ0v) is 15.1. The van der Waals surface area contributed by atoms with Crippen molar-refractivity contribution in [1.82, 2.24) is 5.32 Å². The number of hydrogen-bond acceptors (Lipinski definition) is 3. The number of fused-ring (bicyclic) bond motifs is 3. The van der Waals surface area contributed by atoms with Crippen LogP contribution in [0.15, 0.2) is 48.5 Å². The van der Waals surface area contributed by atoms with Crippen molar-refractivity contribution < 1.29 is 17.9 Å². The molecule has 0 amide bonds. The van der Waals surface area contributed by atoms with Gasteiger partial charge in [-0.25, -0.2) is 0 Å². The van der Waals surface area contributed by atoms with Gasteiger partial charge < -0.3 is 15.4 Å². The Kier molecular flexibility index (Phi) is 4.86. The zero-order valence-electron chi connectivity index (χ0n) is 15.1. The molecule has 2 aliphatic rings. The van der Waals surface area contributed by atoms with Gasteiger partial charge in [-0.05, 0) is 49.7 Å². The number of rotatable bonds is 3. The number of halogens is 3. The average molecular weight is 376 g/mol. The fraction of sp³-hybridized carbons (Fsp3) is 0.429. The Bertz CT molecular complexity index is 794. The lowest BCUT2D eigenvalue weighted by Crippen LogP contribution is -2.41. The Morgan fingerprint density at radius 2 is 1.93 bits per heavy atom. The molecule has 1 saturated heterocycles. The van der Waals surface area contributed by atoms with Gasteiger partial charge in [0.2, 0.25) is 0 Å². The summed E-state index contributed by atoms with van der Waals surface area (Å²) >= 11 is 0. The molecule has 0 radical (unpaired) electrons. The molecule has 4 unspecified atom stereocenters. The third-order valence-corrected chi connectivity index (χ3v) is 5.58. The summed E-state index contributed by atoms with van der Waals surface area (Å²) in [4.78, 5) is 0. The monoisotopic (exact) mass is 376 g/mol. The second kappa shape index (κ2) is 7.17. The number of ether oxygens (including phenoxy) is 1. The van der Waals surface area contributed by atoms with Crippen LogP contribution in [0.4, 0.5) is 18.9 Å². The van der Waals surface area contributed by atoms with Crippen LogP contribution in [0.25, 0.3) is 0 Å². The van der Waals surface area contributed by atoms with Crippen LogP contribution >= 0.6 is 0 Å². The summed E-state index contributed by atoms with van der Waals surface area (Å²) in [6.45, 7) is 1.39. The first-order chi connectivity index (χ1) is 13.0. The topological polar surface area (TPSA) is 33.3 Å². The molecule has 2 aromatic carbocycles. The Morgan fingerprint density at radius 1 is 1.15 bits per heavy atom. The molecule has 144 valence electrons. The second-order valence-corrected chi connectivity index (χ2v) is 7.41. The molecule has 2 heterocycles. The van der Waals surface area contributed by atoms with Gasteiger partial charge in [-0.15, -0.1) is 0 Å². The Labute approximate surface area is 156 Å². The summed E-state index contributed by atoms with van der Waals surface area (Å²) in [5.74, 6) is 0.423. The molecular weight excluding hydrogens is 353 g/mol. The molecule has 27 heavy (non-hydrogen) atoms. The Morgan fingerprint density at radius 3 is 2.63 bits per heavy atom. The van der Waals surface area contributed by atoms with Crippen LogP contribution in [-0.2, 0) is 10.9 Å². The molecule has 0 bridgehead atoms. The molecule has 4 atom stereocenters. The zero-order chi connectivity index (χ0) is 19.0. The van der Waals surface area contributed by atoms with Crippen molar-refractivity contribution in [3.63, 3.8) is 0 Å². The highest BCUT2D eigenvalue weighted by atomic mass is 19.4. The molecule has 2 aliphatic heterocycles. The van der Waals surface area contributed by atoms with Gasteiger partial charge in [0.05, 0.1) is 24.3 Å². The Hall–Kier alpha value is -2.05. The van der Waals surface area contributed by atoms with E-state index in [0.29, 0.717) is 18.1 Å². The van der Waals surface area contributed by atoms with Crippen LogP contribution < -0.4 is 10.6 Å². The summed E-state index contributed by atoms with van der Waals surface area (Å²) in [5.41, 5.74) is 1.85. The van der Waals surface area contributed by atoms with Gasteiger partial charge in [-0.3, -0.25) is 0 Å². The van der Waals surface area contributed by atoms with Gasteiger partial charge >= 0.3 is 6.18 Å². The molecule has 2 aromatic rings. The number of hydrogen-bond donors (Lipinski definition) is 2. The molecule has 4 rings (SSSR count). The highest BCUT2D eigenvalue weighted by Gasteiger charge is 2.43. The fourth-order valence-electron chi connectivity index (χ4n) is 4.37. The van der Waals surface area contributed by atoms with E-state index in [1.165, 1.54) is 12.1 Å². The molecule has 1 fully saturated rings. The Balaban J connectivity index is 1.74. The lowest BCUT2D eigenvalue weighted by atomic mass is 9.74. The fourth-order valence-corrected chi connectivity index (χ4v) is 4.37. The third kappa shape index (κ3) is 3.56. The maximum Gasteiger partial charge on any atom is 0.416 e. The predicted molar refractivity (Wildman–Crippen MR) is 98.5 cm³/mol. The van der Waals surface area contributed by atoms with Crippen LogP contribution in [0.3, 0.4) is 0 Å². The normalized spacial score (nSPS) is 27.4. The first-order valence-electron chi connectivity index (χ1n) is 9.26. The molecule has 2 N–H and O–H groups in total. The highest BCUT2D eigenvalue weighted by Crippen LogP contribution is 2.51. The predicted octanol–water partition coefficient (Wildman–Crippen LogP) is 4.79. The lowest BCUT2D eigenvalue weighted by molar-refractivity contribution is -0.137. The van der Waals surface area contributed by atoms with Crippen LogP contribution in [0.1, 0.15) is 35.3 Å². The van der Waals surface area contributed by atoms with E-state index in [9.17, 15) is 13.2 Å². The first kappa shape index (κ1) is 18.3. The summed E-state index contributed by atoms with van der Waals surface area (Å²) in [5, 5.41) is 6.67. The smallest absolute Gasteiger partial charge is 0.378 e.